The van der Waals surface area contributed by atoms with Crippen LogP contribution in [-0.4, -0.2) is 47.1 Å². The normalized spacial score (nSPS) is 13.6. The number of nitrogens with zero attached hydrogens (tertiary/aromatic N) is 2. The number of rotatable bonds is 8. The Morgan fingerprint density at radius 2 is 2.19 bits per heavy atom. The maximum absolute atomic E-state index is 12.5. The minimum absolute atomic E-state index is 0.106. The van der Waals surface area contributed by atoms with E-state index in [1.807, 2.05) is 6.92 Å². The fourth-order valence-corrected chi connectivity index (χ4v) is 4.35. The van der Waals surface area contributed by atoms with Crippen molar-refractivity contribution in [2.75, 3.05) is 30.4 Å². The molecule has 0 spiro atoms. The third-order valence-electron chi connectivity index (χ3n) is 2.70. The molecular weight excluding hydrogens is 332 g/mol. The van der Waals surface area contributed by atoms with E-state index in [1.165, 1.54) is 11.3 Å². The smallest absolute Gasteiger partial charge is 0.260 e. The van der Waals surface area contributed by atoms with Gasteiger partial charge in [-0.2, -0.15) is 0 Å². The van der Waals surface area contributed by atoms with E-state index in [2.05, 4.69) is 15.0 Å². The zero-order chi connectivity index (χ0) is 15.5. The third-order valence-corrected chi connectivity index (χ3v) is 5.72. The number of nitrogens with one attached hydrogen (secondary N) is 2. The second kappa shape index (κ2) is 6.86. The van der Waals surface area contributed by atoms with E-state index < -0.39 is 20.8 Å². The summed E-state index contributed by atoms with van der Waals surface area (Å²) in [4.78, 5) is 4.93. The lowest BCUT2D eigenvalue weighted by atomic mass is 10.5. The second-order valence-electron chi connectivity index (χ2n) is 4.42. The second-order valence-corrected chi connectivity index (χ2v) is 8.53. The Morgan fingerprint density at radius 3 is 2.86 bits per heavy atom. The third kappa shape index (κ3) is 3.82. The molecule has 1 unspecified atom stereocenters. The Hall–Kier alpha value is -0.970. The molecule has 2 rings (SSSR count). The monoisotopic (exact) mass is 350 g/mol. The van der Waals surface area contributed by atoms with E-state index in [9.17, 15) is 12.6 Å². The molecule has 0 aliphatic rings. The van der Waals surface area contributed by atoms with Gasteiger partial charge in [0.15, 0.2) is 15.8 Å². The van der Waals surface area contributed by atoms with Crippen molar-refractivity contribution >= 4 is 42.9 Å². The SMILES string of the molecule is CCCNc1nc2sccn2c1S(=O)(=O)NCCS(C)=O. The van der Waals surface area contributed by atoms with Gasteiger partial charge in [0.2, 0.25) is 0 Å². The molecule has 0 bridgehead atoms. The maximum Gasteiger partial charge on any atom is 0.260 e. The Bertz CT molecular complexity index is 735. The van der Waals surface area contributed by atoms with Crippen molar-refractivity contribution in [2.24, 2.45) is 0 Å². The van der Waals surface area contributed by atoms with Gasteiger partial charge in [0.05, 0.1) is 0 Å². The molecule has 21 heavy (non-hydrogen) atoms. The fourth-order valence-electron chi connectivity index (χ4n) is 1.77. The van der Waals surface area contributed by atoms with Gasteiger partial charge in [0.25, 0.3) is 10.0 Å². The van der Waals surface area contributed by atoms with Crippen molar-refractivity contribution in [3.63, 3.8) is 0 Å². The molecule has 118 valence electrons. The summed E-state index contributed by atoms with van der Waals surface area (Å²) in [5.74, 6) is 0.636. The van der Waals surface area contributed by atoms with E-state index in [1.54, 1.807) is 22.2 Å². The lowest BCUT2D eigenvalue weighted by molar-refractivity contribution is 0.579. The standard InChI is InChI=1S/C11H18N4O3S3/c1-3-4-12-9-10(15-6-7-19-11(15)14-9)21(17,18)13-5-8-20(2)16/h6-7,12-13H,3-5,8H2,1-2H3. The molecule has 7 nitrogen and oxygen atoms in total. The molecule has 0 radical (unpaired) electrons. The first-order valence-corrected chi connectivity index (χ1v) is 10.5. The van der Waals surface area contributed by atoms with Crippen LogP contribution in [0.1, 0.15) is 13.3 Å². The predicted octanol–water partition coefficient (Wildman–Crippen LogP) is 0.874. The summed E-state index contributed by atoms with van der Waals surface area (Å²) >= 11 is 1.37. The molecular formula is C11H18N4O3S3. The van der Waals surface area contributed by atoms with Crippen molar-refractivity contribution in [1.82, 2.24) is 14.1 Å². The van der Waals surface area contributed by atoms with Crippen LogP contribution in [0.15, 0.2) is 16.6 Å². The number of sulfonamides is 1. The maximum atomic E-state index is 12.5. The molecule has 2 heterocycles. The summed E-state index contributed by atoms with van der Waals surface area (Å²) in [7, 11) is -4.75. The molecule has 2 aromatic rings. The summed E-state index contributed by atoms with van der Waals surface area (Å²) in [5, 5.41) is 4.93. The molecule has 0 fully saturated rings. The summed E-state index contributed by atoms with van der Waals surface area (Å²) in [5.41, 5.74) is 0. The van der Waals surface area contributed by atoms with Crippen LogP contribution in [-0.2, 0) is 20.8 Å². The molecule has 0 saturated heterocycles. The van der Waals surface area contributed by atoms with Gasteiger partial charge in [-0.15, -0.1) is 11.3 Å². The summed E-state index contributed by atoms with van der Waals surface area (Å²) < 4.78 is 40.0. The van der Waals surface area contributed by atoms with Crippen LogP contribution >= 0.6 is 11.3 Å². The van der Waals surface area contributed by atoms with Crippen molar-refractivity contribution in [2.45, 2.75) is 18.4 Å². The lowest BCUT2D eigenvalue weighted by Gasteiger charge is -2.08. The molecule has 2 N–H and O–H groups in total. The van der Waals surface area contributed by atoms with Gasteiger partial charge in [0, 0.05) is 47.5 Å². The topological polar surface area (TPSA) is 92.6 Å². The summed E-state index contributed by atoms with van der Waals surface area (Å²) in [6.45, 7) is 2.77. The Labute approximate surface area is 130 Å². The van der Waals surface area contributed by atoms with Gasteiger partial charge in [-0.05, 0) is 6.42 Å². The number of aromatic nitrogens is 2. The zero-order valence-corrected chi connectivity index (χ0v) is 14.3. The lowest BCUT2D eigenvalue weighted by Crippen LogP contribution is -2.29. The van der Waals surface area contributed by atoms with Gasteiger partial charge in [-0.25, -0.2) is 18.1 Å². The molecule has 10 heteroatoms. The first-order chi connectivity index (χ1) is 9.95. The van der Waals surface area contributed by atoms with Crippen LogP contribution in [0.5, 0.6) is 0 Å². The highest BCUT2D eigenvalue weighted by molar-refractivity contribution is 7.89. The van der Waals surface area contributed by atoms with Crippen LogP contribution in [0, 0.1) is 0 Å². The van der Waals surface area contributed by atoms with Gasteiger partial charge in [-0.3, -0.25) is 8.61 Å². The first-order valence-electron chi connectivity index (χ1n) is 6.45. The number of anilines is 1. The molecule has 0 aliphatic heterocycles. The van der Waals surface area contributed by atoms with Crippen LogP contribution in [0.3, 0.4) is 0 Å². The highest BCUT2D eigenvalue weighted by Crippen LogP contribution is 2.25. The number of thiazole rings is 1. The Morgan fingerprint density at radius 1 is 1.43 bits per heavy atom. The van der Waals surface area contributed by atoms with Crippen molar-refractivity contribution < 1.29 is 12.6 Å². The van der Waals surface area contributed by atoms with Gasteiger partial charge < -0.3 is 5.32 Å². The summed E-state index contributed by atoms with van der Waals surface area (Å²) in [6, 6.07) is 0. The molecule has 2 aromatic heterocycles. The Balaban J connectivity index is 2.33. The summed E-state index contributed by atoms with van der Waals surface area (Å²) in [6.07, 6.45) is 4.09. The van der Waals surface area contributed by atoms with Gasteiger partial charge >= 0.3 is 0 Å². The molecule has 0 aromatic carbocycles. The van der Waals surface area contributed by atoms with E-state index in [0.29, 0.717) is 17.3 Å². The fraction of sp³-hybridized carbons (Fsp3) is 0.545. The van der Waals surface area contributed by atoms with Crippen LogP contribution in [0.25, 0.3) is 4.96 Å². The zero-order valence-electron chi connectivity index (χ0n) is 11.8. The largest absolute Gasteiger partial charge is 0.368 e. The van der Waals surface area contributed by atoms with E-state index in [-0.39, 0.29) is 17.3 Å². The minimum Gasteiger partial charge on any atom is -0.368 e. The first kappa shape index (κ1) is 16.4. The van der Waals surface area contributed by atoms with Crippen LogP contribution in [0.2, 0.25) is 0 Å². The van der Waals surface area contributed by atoms with Crippen molar-refractivity contribution in [1.29, 1.82) is 0 Å². The van der Waals surface area contributed by atoms with Crippen molar-refractivity contribution in [3.05, 3.63) is 11.6 Å². The minimum atomic E-state index is -3.71. The van der Waals surface area contributed by atoms with Gasteiger partial charge in [-0.1, -0.05) is 6.92 Å². The average Bonchev–Trinajstić information content (AvgIpc) is 2.94. The van der Waals surface area contributed by atoms with Crippen LogP contribution in [0.4, 0.5) is 5.82 Å². The number of hydrogen-bond donors (Lipinski definition) is 2. The molecule has 0 saturated carbocycles. The molecule has 1 atom stereocenters. The van der Waals surface area contributed by atoms with E-state index >= 15 is 0 Å². The quantitative estimate of drug-likeness (QED) is 0.737. The number of fused-ring (bicyclic) bond motifs is 1. The highest BCUT2D eigenvalue weighted by atomic mass is 32.2. The van der Waals surface area contributed by atoms with E-state index in [4.69, 9.17) is 0 Å². The van der Waals surface area contributed by atoms with E-state index in [0.717, 1.165) is 6.42 Å². The highest BCUT2D eigenvalue weighted by Gasteiger charge is 2.25. The number of imidazole rings is 1. The average molecular weight is 350 g/mol. The number of hydrogen-bond acceptors (Lipinski definition) is 6. The van der Waals surface area contributed by atoms with Gasteiger partial charge in [0.1, 0.15) is 0 Å². The Kier molecular flexibility index (Phi) is 5.36. The predicted molar refractivity (Wildman–Crippen MR) is 86.0 cm³/mol. The van der Waals surface area contributed by atoms with Crippen molar-refractivity contribution in [3.8, 4) is 0 Å². The molecule has 0 amide bonds. The molecule has 0 aliphatic carbocycles. The van der Waals surface area contributed by atoms with Crippen LogP contribution < -0.4 is 10.0 Å².